The second kappa shape index (κ2) is 7.39. The number of hydrogen-bond acceptors (Lipinski definition) is 3. The molecule has 0 aliphatic heterocycles. The van der Waals surface area contributed by atoms with Crippen molar-refractivity contribution in [2.75, 3.05) is 11.4 Å². The Hall–Kier alpha value is -1.22. The summed E-state index contributed by atoms with van der Waals surface area (Å²) >= 11 is 0. The largest absolute Gasteiger partial charge is 0.507 e. The number of aromatic hydroxyl groups is 1. The van der Waals surface area contributed by atoms with Gasteiger partial charge in [-0.15, -0.1) is 0 Å². The van der Waals surface area contributed by atoms with Crippen LogP contribution in [0.5, 0.6) is 5.75 Å². The topological polar surface area (TPSA) is 43.7 Å². The van der Waals surface area contributed by atoms with Gasteiger partial charge >= 0.3 is 0 Å². The highest BCUT2D eigenvalue weighted by atomic mass is 16.3. The van der Waals surface area contributed by atoms with Crippen molar-refractivity contribution in [2.45, 2.75) is 59.1 Å². The molecule has 0 saturated carbocycles. The molecule has 0 aliphatic rings. The molecule has 19 heavy (non-hydrogen) atoms. The van der Waals surface area contributed by atoms with Crippen molar-refractivity contribution in [3.05, 3.63) is 23.8 Å². The van der Waals surface area contributed by atoms with E-state index >= 15 is 0 Å². The van der Waals surface area contributed by atoms with E-state index in [1.54, 1.807) is 13.0 Å². The zero-order chi connectivity index (χ0) is 14.4. The molecule has 1 aromatic carbocycles. The first kappa shape index (κ1) is 15.8. The summed E-state index contributed by atoms with van der Waals surface area (Å²) in [6.07, 6.45) is 2.73. The first-order chi connectivity index (χ1) is 9.01. The maximum Gasteiger partial charge on any atom is 0.123 e. The Kier molecular flexibility index (Phi) is 6.16. The van der Waals surface area contributed by atoms with Crippen LogP contribution >= 0.6 is 0 Å². The summed E-state index contributed by atoms with van der Waals surface area (Å²) in [7, 11) is 0. The minimum Gasteiger partial charge on any atom is -0.507 e. The molecule has 0 fully saturated rings. The normalized spacial score (nSPS) is 14.2. The molecular weight excluding hydrogens is 238 g/mol. The van der Waals surface area contributed by atoms with Crippen molar-refractivity contribution >= 4 is 5.69 Å². The minimum atomic E-state index is -0.637. The van der Waals surface area contributed by atoms with Gasteiger partial charge in [0.15, 0.2) is 0 Å². The van der Waals surface area contributed by atoms with Gasteiger partial charge in [-0.1, -0.05) is 26.3 Å². The van der Waals surface area contributed by atoms with Gasteiger partial charge in [0.25, 0.3) is 0 Å². The highest BCUT2D eigenvalue weighted by Gasteiger charge is 2.15. The van der Waals surface area contributed by atoms with E-state index < -0.39 is 6.10 Å². The third-order valence-electron chi connectivity index (χ3n) is 3.67. The van der Waals surface area contributed by atoms with E-state index in [9.17, 15) is 10.2 Å². The number of aliphatic hydroxyl groups excluding tert-OH is 1. The summed E-state index contributed by atoms with van der Waals surface area (Å²) in [5.74, 6) is 0.178. The first-order valence-corrected chi connectivity index (χ1v) is 7.28. The molecule has 3 heteroatoms. The third kappa shape index (κ3) is 4.13. The van der Waals surface area contributed by atoms with Crippen molar-refractivity contribution in [1.29, 1.82) is 0 Å². The molecule has 0 heterocycles. The van der Waals surface area contributed by atoms with Crippen molar-refractivity contribution in [3.63, 3.8) is 0 Å². The summed E-state index contributed by atoms with van der Waals surface area (Å²) in [6.45, 7) is 9.23. The van der Waals surface area contributed by atoms with Gasteiger partial charge in [0.1, 0.15) is 5.75 Å². The highest BCUT2D eigenvalue weighted by Crippen LogP contribution is 2.30. The number of nitrogens with zero attached hydrogens (tertiary/aromatic N) is 1. The number of hydrogen-bond donors (Lipinski definition) is 2. The van der Waals surface area contributed by atoms with Crippen LogP contribution < -0.4 is 4.90 Å². The van der Waals surface area contributed by atoms with Crippen molar-refractivity contribution in [3.8, 4) is 5.75 Å². The maximum atomic E-state index is 10.0. The predicted molar refractivity (Wildman–Crippen MR) is 80.7 cm³/mol. The maximum absolute atomic E-state index is 10.0. The SMILES string of the molecule is CCCCN(c1ccc(C(C)O)c(O)c1)C(C)CC. The molecule has 0 aliphatic carbocycles. The molecule has 0 bridgehead atoms. The summed E-state index contributed by atoms with van der Waals surface area (Å²) in [5.41, 5.74) is 1.62. The molecule has 1 aromatic rings. The van der Waals surface area contributed by atoms with Crippen molar-refractivity contribution in [2.24, 2.45) is 0 Å². The number of phenols is 1. The van der Waals surface area contributed by atoms with Crippen LogP contribution in [0.2, 0.25) is 0 Å². The average molecular weight is 265 g/mol. The second-order valence-electron chi connectivity index (χ2n) is 5.22. The van der Waals surface area contributed by atoms with Crippen LogP contribution in [0.3, 0.4) is 0 Å². The van der Waals surface area contributed by atoms with Crippen LogP contribution in [0, 0.1) is 0 Å². The van der Waals surface area contributed by atoms with E-state index in [0.29, 0.717) is 11.6 Å². The molecule has 0 spiro atoms. The average Bonchev–Trinajstić information content (AvgIpc) is 2.38. The van der Waals surface area contributed by atoms with Crippen molar-refractivity contribution in [1.82, 2.24) is 0 Å². The van der Waals surface area contributed by atoms with Gasteiger partial charge in [-0.25, -0.2) is 0 Å². The molecule has 0 radical (unpaired) electrons. The van der Waals surface area contributed by atoms with Crippen molar-refractivity contribution < 1.29 is 10.2 Å². The molecule has 108 valence electrons. The lowest BCUT2D eigenvalue weighted by Crippen LogP contribution is -2.33. The lowest BCUT2D eigenvalue weighted by Gasteiger charge is -2.31. The monoisotopic (exact) mass is 265 g/mol. The summed E-state index contributed by atoms with van der Waals surface area (Å²) in [6, 6.07) is 6.02. The standard InChI is InChI=1S/C16H27NO2/c1-5-7-10-17(12(3)6-2)14-8-9-15(13(4)18)16(19)11-14/h8-9,11-13,18-19H,5-7,10H2,1-4H3. The Morgan fingerprint density at radius 1 is 1.21 bits per heavy atom. The van der Waals surface area contributed by atoms with Crippen LogP contribution in [-0.4, -0.2) is 22.8 Å². The molecule has 2 N–H and O–H groups in total. The summed E-state index contributed by atoms with van der Waals surface area (Å²) in [4.78, 5) is 2.33. The molecule has 1 rings (SSSR count). The van der Waals surface area contributed by atoms with Gasteiger partial charge in [-0.2, -0.15) is 0 Å². The smallest absolute Gasteiger partial charge is 0.123 e. The molecule has 2 unspecified atom stereocenters. The summed E-state index contributed by atoms with van der Waals surface area (Å²) < 4.78 is 0. The molecule has 0 saturated heterocycles. The number of phenolic OH excluding ortho intramolecular Hbond substituents is 1. The fourth-order valence-electron chi connectivity index (χ4n) is 2.22. The quantitative estimate of drug-likeness (QED) is 0.787. The fraction of sp³-hybridized carbons (Fsp3) is 0.625. The molecule has 0 amide bonds. The Morgan fingerprint density at radius 2 is 1.89 bits per heavy atom. The van der Waals surface area contributed by atoms with Gasteiger partial charge in [0.05, 0.1) is 6.10 Å². The summed E-state index contributed by atoms with van der Waals surface area (Å²) in [5, 5.41) is 19.6. The number of benzene rings is 1. The number of unbranched alkanes of at least 4 members (excludes halogenated alkanes) is 1. The highest BCUT2D eigenvalue weighted by molar-refractivity contribution is 5.54. The number of anilines is 1. The van der Waals surface area contributed by atoms with Crippen LogP contribution in [0.1, 0.15) is 58.6 Å². The molecule has 0 aromatic heterocycles. The Balaban J connectivity index is 2.99. The van der Waals surface area contributed by atoms with Crippen LogP contribution in [0.25, 0.3) is 0 Å². The fourth-order valence-corrected chi connectivity index (χ4v) is 2.22. The van der Waals surface area contributed by atoms with E-state index in [-0.39, 0.29) is 5.75 Å². The zero-order valence-electron chi connectivity index (χ0n) is 12.6. The van der Waals surface area contributed by atoms with Gasteiger partial charge < -0.3 is 15.1 Å². The van der Waals surface area contributed by atoms with E-state index in [2.05, 4.69) is 25.7 Å². The Labute approximate surface area is 116 Å². The van der Waals surface area contributed by atoms with Crippen LogP contribution in [-0.2, 0) is 0 Å². The lowest BCUT2D eigenvalue weighted by atomic mass is 10.1. The van der Waals surface area contributed by atoms with Gasteiger partial charge in [-0.3, -0.25) is 0 Å². The molecular formula is C16H27NO2. The van der Waals surface area contributed by atoms with Gasteiger partial charge in [-0.05, 0) is 32.8 Å². The Bertz CT molecular complexity index is 390. The third-order valence-corrected chi connectivity index (χ3v) is 3.67. The molecule has 2 atom stereocenters. The van der Waals surface area contributed by atoms with Crippen LogP contribution in [0.15, 0.2) is 18.2 Å². The van der Waals surface area contributed by atoms with Gasteiger partial charge in [0, 0.05) is 29.9 Å². The second-order valence-corrected chi connectivity index (χ2v) is 5.22. The minimum absolute atomic E-state index is 0.178. The molecule has 3 nitrogen and oxygen atoms in total. The first-order valence-electron chi connectivity index (χ1n) is 7.28. The predicted octanol–water partition coefficient (Wildman–Crippen LogP) is 3.85. The lowest BCUT2D eigenvalue weighted by molar-refractivity contribution is 0.195. The Morgan fingerprint density at radius 3 is 2.37 bits per heavy atom. The van der Waals surface area contributed by atoms with E-state index in [1.807, 2.05) is 12.1 Å². The van der Waals surface area contributed by atoms with Crippen LogP contribution in [0.4, 0.5) is 5.69 Å². The van der Waals surface area contributed by atoms with E-state index in [1.165, 1.54) is 0 Å². The zero-order valence-corrected chi connectivity index (χ0v) is 12.6. The number of aliphatic hydroxyl groups is 1. The van der Waals surface area contributed by atoms with Gasteiger partial charge in [0.2, 0.25) is 0 Å². The van der Waals surface area contributed by atoms with E-state index in [0.717, 1.165) is 31.5 Å². The number of rotatable bonds is 7. The van der Waals surface area contributed by atoms with E-state index in [4.69, 9.17) is 0 Å².